The summed E-state index contributed by atoms with van der Waals surface area (Å²) < 4.78 is 5.01. The molecule has 244 valence electrons. The van der Waals surface area contributed by atoms with E-state index in [0.717, 1.165) is 62.8 Å². The fourth-order valence-corrected chi connectivity index (χ4v) is 8.49. The van der Waals surface area contributed by atoms with Gasteiger partial charge in [-0.25, -0.2) is 9.97 Å². The van der Waals surface area contributed by atoms with Crippen molar-refractivity contribution >= 4 is 71.1 Å². The zero-order valence-electron chi connectivity index (χ0n) is 28.4. The SMILES string of the molecule is C1=CCCC(n2c3ccccc3c3ccc4c5ccccc5n(-c5cc(-c6ccccc6)nc(-c6c7ccccc7nc7ccccc67)c5)c4c32)=C1. The minimum absolute atomic E-state index is 0.921. The van der Waals surface area contributed by atoms with E-state index in [2.05, 4.69) is 179 Å². The molecule has 4 heteroatoms. The van der Waals surface area contributed by atoms with E-state index in [1.165, 1.54) is 49.3 Å². The molecule has 0 unspecified atom stereocenters. The van der Waals surface area contributed by atoms with Crippen LogP contribution in [0.3, 0.4) is 0 Å². The summed E-state index contributed by atoms with van der Waals surface area (Å²) in [4.78, 5) is 10.5. The van der Waals surface area contributed by atoms with Crippen LogP contribution >= 0.6 is 0 Å². The summed E-state index contributed by atoms with van der Waals surface area (Å²) in [6.07, 6.45) is 8.78. The van der Waals surface area contributed by atoms with Crippen molar-refractivity contribution < 1.29 is 0 Å². The van der Waals surface area contributed by atoms with Crippen LogP contribution < -0.4 is 0 Å². The van der Waals surface area contributed by atoms with E-state index in [4.69, 9.17) is 9.97 Å². The Morgan fingerprint density at radius 1 is 0.462 bits per heavy atom. The molecule has 0 atom stereocenters. The molecule has 4 heterocycles. The van der Waals surface area contributed by atoms with Gasteiger partial charge >= 0.3 is 0 Å². The third-order valence-electron chi connectivity index (χ3n) is 10.7. The number of nitrogens with zero attached hydrogens (tertiary/aromatic N) is 4. The highest BCUT2D eigenvalue weighted by Gasteiger charge is 2.23. The summed E-state index contributed by atoms with van der Waals surface area (Å²) >= 11 is 0. The molecule has 4 nitrogen and oxygen atoms in total. The molecule has 1 aliphatic rings. The fraction of sp³-hybridized carbons (Fsp3) is 0.0417. The molecule has 0 bridgehead atoms. The van der Waals surface area contributed by atoms with Gasteiger partial charge in [-0.1, -0.05) is 127 Å². The molecule has 0 saturated heterocycles. The lowest BCUT2D eigenvalue weighted by molar-refractivity contribution is 0.979. The number of para-hydroxylation sites is 4. The summed E-state index contributed by atoms with van der Waals surface area (Å²) in [5.74, 6) is 0. The molecule has 4 aromatic heterocycles. The minimum atomic E-state index is 0.921. The number of allylic oxidation sites excluding steroid dienone is 4. The minimum Gasteiger partial charge on any atom is -0.311 e. The van der Waals surface area contributed by atoms with Gasteiger partial charge in [0.2, 0.25) is 0 Å². The number of hydrogen-bond acceptors (Lipinski definition) is 2. The Labute approximate surface area is 300 Å². The van der Waals surface area contributed by atoms with Gasteiger partial charge in [0.1, 0.15) is 0 Å². The lowest BCUT2D eigenvalue weighted by atomic mass is 9.98. The lowest BCUT2D eigenvalue weighted by Crippen LogP contribution is -2.02. The number of benzene rings is 6. The Bertz CT molecular complexity index is 3070. The number of hydrogen-bond donors (Lipinski definition) is 0. The summed E-state index contributed by atoms with van der Waals surface area (Å²) in [7, 11) is 0. The molecule has 11 rings (SSSR count). The molecule has 0 amide bonds. The van der Waals surface area contributed by atoms with E-state index in [-0.39, 0.29) is 0 Å². The highest BCUT2D eigenvalue weighted by Crippen LogP contribution is 2.44. The van der Waals surface area contributed by atoms with E-state index >= 15 is 0 Å². The summed E-state index contributed by atoms with van der Waals surface area (Å²) in [6.45, 7) is 0. The van der Waals surface area contributed by atoms with Gasteiger partial charge in [0, 0.05) is 49.1 Å². The van der Waals surface area contributed by atoms with Gasteiger partial charge in [-0.3, -0.25) is 0 Å². The molecule has 6 aromatic carbocycles. The van der Waals surface area contributed by atoms with E-state index < -0.39 is 0 Å². The average Bonchev–Trinajstić information content (AvgIpc) is 3.74. The Morgan fingerprint density at radius 2 is 1.02 bits per heavy atom. The second kappa shape index (κ2) is 11.4. The monoisotopic (exact) mass is 664 g/mol. The predicted octanol–water partition coefficient (Wildman–Crippen LogP) is 12.5. The van der Waals surface area contributed by atoms with Crippen molar-refractivity contribution in [3.8, 4) is 28.2 Å². The van der Waals surface area contributed by atoms with Gasteiger partial charge < -0.3 is 9.13 Å². The predicted molar refractivity (Wildman–Crippen MR) is 218 cm³/mol. The lowest BCUT2D eigenvalue weighted by Gasteiger charge is -2.17. The maximum Gasteiger partial charge on any atom is 0.0788 e. The first kappa shape index (κ1) is 29.0. The molecular formula is C48H32N4. The smallest absolute Gasteiger partial charge is 0.0788 e. The van der Waals surface area contributed by atoms with Crippen LogP contribution in [0.25, 0.3) is 99.3 Å². The molecule has 0 N–H and O–H groups in total. The van der Waals surface area contributed by atoms with Gasteiger partial charge in [0.05, 0.1) is 50.2 Å². The first-order valence-electron chi connectivity index (χ1n) is 18.0. The average molecular weight is 665 g/mol. The normalized spacial score (nSPS) is 13.3. The van der Waals surface area contributed by atoms with E-state index in [1.54, 1.807) is 0 Å². The van der Waals surface area contributed by atoms with Crippen LogP contribution in [-0.4, -0.2) is 19.1 Å². The third kappa shape index (κ3) is 4.28. The summed E-state index contributed by atoms with van der Waals surface area (Å²) in [5.41, 5.74) is 13.2. The van der Waals surface area contributed by atoms with Crippen molar-refractivity contribution in [3.05, 3.63) is 170 Å². The zero-order chi connectivity index (χ0) is 34.2. The molecule has 0 aliphatic heterocycles. The Hall–Kier alpha value is -6.78. The summed E-state index contributed by atoms with van der Waals surface area (Å²) in [5, 5.41) is 7.17. The van der Waals surface area contributed by atoms with Crippen molar-refractivity contribution in [1.82, 2.24) is 19.1 Å². The van der Waals surface area contributed by atoms with Crippen molar-refractivity contribution in [1.29, 1.82) is 0 Å². The Balaban J connectivity index is 1.33. The molecule has 0 saturated carbocycles. The second-order valence-electron chi connectivity index (χ2n) is 13.7. The molecule has 1 aliphatic carbocycles. The van der Waals surface area contributed by atoms with Crippen LogP contribution in [0, 0.1) is 0 Å². The van der Waals surface area contributed by atoms with Gasteiger partial charge in [0.25, 0.3) is 0 Å². The number of rotatable bonds is 4. The number of pyridine rings is 2. The van der Waals surface area contributed by atoms with Crippen LogP contribution in [0.5, 0.6) is 0 Å². The second-order valence-corrected chi connectivity index (χ2v) is 13.7. The van der Waals surface area contributed by atoms with Crippen molar-refractivity contribution in [2.45, 2.75) is 12.8 Å². The standard InChI is InChI=1S/C48H32N4/c1-3-15-31(16-4-1)42-29-33(30-43(50-42)46-38-21-7-11-23-40(38)49-41-24-12-8-22-39(41)46)52-45-26-14-10-20-35(45)37-28-27-36-34-19-9-13-25-44(34)51(47(36)48(37)52)32-17-5-2-6-18-32/h1-5,7-17,19-30H,6,18H2. The third-order valence-corrected chi connectivity index (χ3v) is 10.7. The van der Waals surface area contributed by atoms with Crippen LogP contribution in [0.4, 0.5) is 0 Å². The van der Waals surface area contributed by atoms with Gasteiger partial charge in [0.15, 0.2) is 0 Å². The maximum absolute atomic E-state index is 5.47. The molecule has 0 fully saturated rings. The van der Waals surface area contributed by atoms with Crippen molar-refractivity contribution in [2.75, 3.05) is 0 Å². The Morgan fingerprint density at radius 3 is 1.67 bits per heavy atom. The highest BCUT2D eigenvalue weighted by atomic mass is 15.1. The van der Waals surface area contributed by atoms with E-state index in [1.807, 2.05) is 0 Å². The maximum atomic E-state index is 5.47. The fourth-order valence-electron chi connectivity index (χ4n) is 8.49. The zero-order valence-corrected chi connectivity index (χ0v) is 28.4. The molecule has 10 aromatic rings. The molecule has 52 heavy (non-hydrogen) atoms. The van der Waals surface area contributed by atoms with Crippen LogP contribution in [0.2, 0.25) is 0 Å². The van der Waals surface area contributed by atoms with Crippen molar-refractivity contribution in [2.24, 2.45) is 0 Å². The van der Waals surface area contributed by atoms with Crippen molar-refractivity contribution in [3.63, 3.8) is 0 Å². The largest absolute Gasteiger partial charge is 0.311 e. The van der Waals surface area contributed by atoms with Gasteiger partial charge in [-0.05, 0) is 55.3 Å². The van der Waals surface area contributed by atoms with Crippen LogP contribution in [0.1, 0.15) is 12.8 Å². The molecule has 0 radical (unpaired) electrons. The summed E-state index contributed by atoms with van der Waals surface area (Å²) in [6, 6.07) is 54.3. The molecular weight excluding hydrogens is 633 g/mol. The topological polar surface area (TPSA) is 35.6 Å². The van der Waals surface area contributed by atoms with Gasteiger partial charge in [-0.2, -0.15) is 0 Å². The van der Waals surface area contributed by atoms with Crippen LogP contribution in [0.15, 0.2) is 170 Å². The quantitative estimate of drug-likeness (QED) is 0.176. The number of aromatic nitrogens is 4. The molecule has 0 spiro atoms. The van der Waals surface area contributed by atoms with E-state index in [0.29, 0.717) is 0 Å². The number of fused-ring (bicyclic) bond motifs is 9. The van der Waals surface area contributed by atoms with Gasteiger partial charge in [-0.15, -0.1) is 0 Å². The highest BCUT2D eigenvalue weighted by molar-refractivity contribution is 6.24. The Kier molecular flexibility index (Phi) is 6.34. The first-order valence-corrected chi connectivity index (χ1v) is 18.0. The van der Waals surface area contributed by atoms with E-state index in [9.17, 15) is 0 Å². The van der Waals surface area contributed by atoms with Crippen LogP contribution in [-0.2, 0) is 0 Å². The first-order chi connectivity index (χ1) is 25.8.